The second-order valence-electron chi connectivity index (χ2n) is 20.0. The summed E-state index contributed by atoms with van der Waals surface area (Å²) in [6.07, 6.45) is 2.71. The standard InChI is InChI=1S/C65H68O4/c1-12-64(10,52-17-29-56(30-18-52)66-60-25-13-44(4)48(8)37-60)53-19-31-58(32-20-53)68-62-27-15-46(6)50(40-62)39-51-41-63(28-16-47(51)7)69-59-35-23-55(24-36-59)65(11,42-43(2)3)54-21-33-57(34-22-54)67-61-26-14-45(5)49(9)38-61/h13-38,40-41,43H,12,39,42H2,1-11H3. The van der Waals surface area contributed by atoms with Gasteiger partial charge in [0.2, 0.25) is 0 Å². The van der Waals surface area contributed by atoms with E-state index in [0.29, 0.717) is 5.92 Å². The van der Waals surface area contributed by atoms with Gasteiger partial charge < -0.3 is 18.9 Å². The van der Waals surface area contributed by atoms with Gasteiger partial charge in [0.05, 0.1) is 0 Å². The quantitative estimate of drug-likeness (QED) is 0.0912. The third-order valence-electron chi connectivity index (χ3n) is 14.4. The van der Waals surface area contributed by atoms with E-state index < -0.39 is 0 Å². The SMILES string of the molecule is CCC(C)(c1ccc(Oc2ccc(C)c(C)c2)cc1)c1ccc(Oc2ccc(C)c(Cc3cc(Oc4ccc(C(C)(CC(C)C)c5ccc(Oc6ccc(C)c(C)c6)cc5)cc4)ccc3C)c2)cc1. The lowest BCUT2D eigenvalue weighted by Crippen LogP contribution is -2.25. The first-order valence-electron chi connectivity index (χ1n) is 24.6. The van der Waals surface area contributed by atoms with Crippen LogP contribution in [0.15, 0.2) is 170 Å². The third-order valence-corrected chi connectivity index (χ3v) is 14.4. The highest BCUT2D eigenvalue weighted by atomic mass is 16.5. The van der Waals surface area contributed by atoms with Crippen LogP contribution in [0.2, 0.25) is 0 Å². The first kappa shape index (κ1) is 48.4. The molecule has 0 aliphatic rings. The summed E-state index contributed by atoms with van der Waals surface area (Å²) in [5.74, 6) is 7.13. The van der Waals surface area contributed by atoms with E-state index in [2.05, 4.69) is 234 Å². The maximum absolute atomic E-state index is 6.54. The second kappa shape index (κ2) is 20.7. The molecule has 4 nitrogen and oxygen atoms in total. The number of aryl methyl sites for hydroxylation is 6. The summed E-state index contributed by atoms with van der Waals surface area (Å²) in [6.45, 7) is 24.3. The molecule has 0 saturated carbocycles. The molecule has 0 aliphatic heterocycles. The normalized spacial score (nSPS) is 13.1. The molecule has 0 aliphatic carbocycles. The van der Waals surface area contributed by atoms with E-state index in [1.807, 2.05) is 12.1 Å². The molecule has 4 heteroatoms. The summed E-state index contributed by atoms with van der Waals surface area (Å²) < 4.78 is 25.5. The molecule has 2 unspecified atom stereocenters. The topological polar surface area (TPSA) is 36.9 Å². The van der Waals surface area contributed by atoms with E-state index in [4.69, 9.17) is 18.9 Å². The minimum Gasteiger partial charge on any atom is -0.457 e. The molecule has 352 valence electrons. The highest BCUT2D eigenvalue weighted by molar-refractivity contribution is 5.49. The molecule has 0 saturated heterocycles. The van der Waals surface area contributed by atoms with Gasteiger partial charge >= 0.3 is 0 Å². The van der Waals surface area contributed by atoms with Crippen LogP contribution in [0.4, 0.5) is 0 Å². The molecule has 8 rings (SSSR count). The van der Waals surface area contributed by atoms with Gasteiger partial charge in [0.1, 0.15) is 46.0 Å². The van der Waals surface area contributed by atoms with Gasteiger partial charge in [-0.25, -0.2) is 0 Å². The number of ether oxygens (including phenoxy) is 4. The van der Waals surface area contributed by atoms with Gasteiger partial charge in [-0.1, -0.05) is 107 Å². The van der Waals surface area contributed by atoms with E-state index in [1.165, 1.54) is 66.8 Å². The van der Waals surface area contributed by atoms with Crippen LogP contribution in [0.5, 0.6) is 46.0 Å². The average Bonchev–Trinajstić information content (AvgIpc) is 3.34. The Hall–Kier alpha value is -7.04. The molecule has 8 aromatic carbocycles. The largest absolute Gasteiger partial charge is 0.457 e. The van der Waals surface area contributed by atoms with Crippen LogP contribution in [0.1, 0.15) is 114 Å². The lowest BCUT2D eigenvalue weighted by atomic mass is 9.71. The van der Waals surface area contributed by atoms with Crippen LogP contribution in [0, 0.1) is 47.5 Å². The summed E-state index contributed by atoms with van der Waals surface area (Å²) in [5, 5.41) is 0. The van der Waals surface area contributed by atoms with Crippen molar-refractivity contribution in [1.82, 2.24) is 0 Å². The molecule has 0 radical (unpaired) electrons. The van der Waals surface area contributed by atoms with Crippen molar-refractivity contribution in [3.05, 3.63) is 237 Å². The molecule has 69 heavy (non-hydrogen) atoms. The summed E-state index contributed by atoms with van der Waals surface area (Å²) >= 11 is 0. The minimum absolute atomic E-state index is 0.172. The molecular weight excluding hydrogens is 845 g/mol. The van der Waals surface area contributed by atoms with Crippen LogP contribution in [0.3, 0.4) is 0 Å². The van der Waals surface area contributed by atoms with Gasteiger partial charge in [-0.05, 0) is 231 Å². The molecule has 0 spiro atoms. The Labute approximate surface area is 411 Å². The van der Waals surface area contributed by atoms with E-state index in [-0.39, 0.29) is 10.8 Å². The zero-order chi connectivity index (χ0) is 48.9. The lowest BCUT2D eigenvalue weighted by molar-refractivity contribution is 0.425. The van der Waals surface area contributed by atoms with Crippen molar-refractivity contribution in [2.45, 2.75) is 106 Å². The number of hydrogen-bond donors (Lipinski definition) is 0. The fraction of sp³-hybridized carbons (Fsp3) is 0.262. The maximum Gasteiger partial charge on any atom is 0.127 e. The average molecular weight is 913 g/mol. The summed E-state index contributed by atoms with van der Waals surface area (Å²) in [4.78, 5) is 0. The van der Waals surface area contributed by atoms with Crippen LogP contribution in [0.25, 0.3) is 0 Å². The molecule has 0 N–H and O–H groups in total. The molecule has 0 bridgehead atoms. The zero-order valence-electron chi connectivity index (χ0n) is 42.5. The maximum atomic E-state index is 6.54. The van der Waals surface area contributed by atoms with Gasteiger partial charge in [-0.3, -0.25) is 0 Å². The van der Waals surface area contributed by atoms with Gasteiger partial charge in [0, 0.05) is 10.8 Å². The predicted molar refractivity (Wildman–Crippen MR) is 286 cm³/mol. The molecule has 8 aromatic rings. The molecular formula is C65H68O4. The second-order valence-corrected chi connectivity index (χ2v) is 20.0. The minimum atomic E-state index is -0.190. The Morgan fingerprint density at radius 2 is 0.609 bits per heavy atom. The third kappa shape index (κ3) is 11.3. The Morgan fingerprint density at radius 3 is 0.899 bits per heavy atom. The summed E-state index contributed by atoms with van der Waals surface area (Å²) in [5.41, 5.74) is 14.5. The lowest BCUT2D eigenvalue weighted by Gasteiger charge is -2.33. The highest BCUT2D eigenvalue weighted by Crippen LogP contribution is 2.41. The monoisotopic (exact) mass is 913 g/mol. The van der Waals surface area contributed by atoms with Crippen LogP contribution in [-0.2, 0) is 17.3 Å². The zero-order valence-corrected chi connectivity index (χ0v) is 42.5. The molecule has 2 atom stereocenters. The Bertz CT molecular complexity index is 3020. The highest BCUT2D eigenvalue weighted by Gasteiger charge is 2.30. The van der Waals surface area contributed by atoms with Crippen molar-refractivity contribution < 1.29 is 18.9 Å². The fourth-order valence-corrected chi connectivity index (χ4v) is 9.46. The van der Waals surface area contributed by atoms with Crippen LogP contribution < -0.4 is 18.9 Å². The molecule has 0 aromatic heterocycles. The predicted octanol–water partition coefficient (Wildman–Crippen LogP) is 18.4. The summed E-state index contributed by atoms with van der Waals surface area (Å²) in [6, 6.07) is 59.6. The van der Waals surface area contributed by atoms with Crippen LogP contribution >= 0.6 is 0 Å². The van der Waals surface area contributed by atoms with E-state index >= 15 is 0 Å². The van der Waals surface area contributed by atoms with Crippen molar-refractivity contribution in [2.24, 2.45) is 5.92 Å². The number of rotatable bonds is 17. The first-order valence-corrected chi connectivity index (χ1v) is 24.6. The molecule has 0 heterocycles. The van der Waals surface area contributed by atoms with Crippen molar-refractivity contribution in [1.29, 1.82) is 0 Å². The Morgan fingerprint density at radius 1 is 0.333 bits per heavy atom. The molecule has 0 amide bonds. The summed E-state index contributed by atoms with van der Waals surface area (Å²) in [7, 11) is 0. The Kier molecular flexibility index (Phi) is 14.5. The van der Waals surface area contributed by atoms with Crippen molar-refractivity contribution in [2.75, 3.05) is 0 Å². The van der Waals surface area contributed by atoms with Crippen molar-refractivity contribution in [3.63, 3.8) is 0 Å². The van der Waals surface area contributed by atoms with Gasteiger partial charge in [0.15, 0.2) is 0 Å². The molecule has 0 fully saturated rings. The smallest absolute Gasteiger partial charge is 0.127 e. The number of benzene rings is 8. The Balaban J connectivity index is 0.921. The van der Waals surface area contributed by atoms with E-state index in [1.54, 1.807) is 0 Å². The number of hydrogen-bond acceptors (Lipinski definition) is 4. The van der Waals surface area contributed by atoms with Crippen molar-refractivity contribution >= 4 is 0 Å². The van der Waals surface area contributed by atoms with Crippen LogP contribution in [-0.4, -0.2) is 0 Å². The van der Waals surface area contributed by atoms with Crippen molar-refractivity contribution in [3.8, 4) is 46.0 Å². The first-order chi connectivity index (χ1) is 33.1. The van der Waals surface area contributed by atoms with E-state index in [9.17, 15) is 0 Å². The van der Waals surface area contributed by atoms with E-state index in [0.717, 1.165) is 65.3 Å². The fourth-order valence-electron chi connectivity index (χ4n) is 9.46. The van der Waals surface area contributed by atoms with Gasteiger partial charge in [-0.2, -0.15) is 0 Å². The van der Waals surface area contributed by atoms with Gasteiger partial charge in [-0.15, -0.1) is 0 Å². The van der Waals surface area contributed by atoms with Gasteiger partial charge in [0.25, 0.3) is 0 Å².